The van der Waals surface area contributed by atoms with Crippen LogP contribution in [0.15, 0.2) is 6.33 Å². The van der Waals surface area contributed by atoms with E-state index in [4.69, 9.17) is 0 Å². The fraction of sp³-hybridized carbons (Fsp3) is 0.833. The monoisotopic (exact) mass is 333 g/mol. The Hall–Kier alpha value is -1.43. The van der Waals surface area contributed by atoms with Crippen LogP contribution in [0.2, 0.25) is 0 Å². The van der Waals surface area contributed by atoms with Gasteiger partial charge in [0.2, 0.25) is 5.91 Å². The van der Waals surface area contributed by atoms with Gasteiger partial charge in [-0.15, -0.1) is 10.2 Å². The third-order valence-corrected chi connectivity index (χ3v) is 5.80. The quantitative estimate of drug-likeness (QED) is 0.846. The van der Waals surface area contributed by atoms with Crippen molar-refractivity contribution in [3.8, 4) is 0 Å². The third kappa shape index (κ3) is 3.97. The summed E-state index contributed by atoms with van der Waals surface area (Å²) >= 11 is 0. The summed E-state index contributed by atoms with van der Waals surface area (Å²) in [7, 11) is 2.00. The molecule has 3 heterocycles. The van der Waals surface area contributed by atoms with E-state index in [1.165, 1.54) is 12.8 Å². The van der Waals surface area contributed by atoms with Crippen molar-refractivity contribution >= 4 is 5.91 Å². The number of rotatable bonds is 4. The first kappa shape index (κ1) is 17.4. The number of hydrogen-bond acceptors (Lipinski definition) is 4. The second-order valence-corrected chi connectivity index (χ2v) is 7.73. The molecule has 1 aromatic rings. The second kappa shape index (κ2) is 7.64. The lowest BCUT2D eigenvalue weighted by atomic mass is 9.91. The van der Waals surface area contributed by atoms with E-state index in [1.807, 2.05) is 11.6 Å². The van der Waals surface area contributed by atoms with Gasteiger partial charge in [-0.2, -0.15) is 0 Å². The molecule has 2 aliphatic rings. The van der Waals surface area contributed by atoms with E-state index < -0.39 is 0 Å². The van der Waals surface area contributed by atoms with Gasteiger partial charge in [0.25, 0.3) is 0 Å². The third-order valence-electron chi connectivity index (χ3n) is 5.80. The van der Waals surface area contributed by atoms with Crippen molar-refractivity contribution in [3.05, 3.63) is 12.2 Å². The summed E-state index contributed by atoms with van der Waals surface area (Å²) in [6.07, 6.45) is 6.84. The number of amides is 1. The Morgan fingerprint density at radius 1 is 1.17 bits per heavy atom. The van der Waals surface area contributed by atoms with Crippen LogP contribution in [0.25, 0.3) is 0 Å². The van der Waals surface area contributed by atoms with Crippen LogP contribution in [0.3, 0.4) is 0 Å². The van der Waals surface area contributed by atoms with Gasteiger partial charge >= 0.3 is 0 Å². The van der Waals surface area contributed by atoms with Crippen molar-refractivity contribution < 1.29 is 4.79 Å². The number of hydrogen-bond donors (Lipinski definition) is 0. The average Bonchev–Trinajstić information content (AvgIpc) is 3.01. The molecule has 6 heteroatoms. The van der Waals surface area contributed by atoms with E-state index >= 15 is 0 Å². The number of piperidine rings is 2. The van der Waals surface area contributed by atoms with E-state index in [1.54, 1.807) is 6.33 Å². The van der Waals surface area contributed by atoms with Crippen LogP contribution in [0.5, 0.6) is 0 Å². The van der Waals surface area contributed by atoms with Crippen molar-refractivity contribution in [1.82, 2.24) is 24.6 Å². The van der Waals surface area contributed by atoms with Gasteiger partial charge in [-0.1, -0.05) is 0 Å². The van der Waals surface area contributed by atoms with Crippen LogP contribution in [-0.2, 0) is 11.8 Å². The van der Waals surface area contributed by atoms with E-state index in [-0.39, 0.29) is 0 Å². The summed E-state index contributed by atoms with van der Waals surface area (Å²) in [5.41, 5.74) is 0. The summed E-state index contributed by atoms with van der Waals surface area (Å²) in [5, 5.41) is 8.20. The average molecular weight is 333 g/mol. The number of aryl methyl sites for hydroxylation is 1. The minimum atomic E-state index is 0.356. The van der Waals surface area contributed by atoms with E-state index in [0.717, 1.165) is 51.3 Å². The zero-order valence-corrected chi connectivity index (χ0v) is 15.3. The highest BCUT2D eigenvalue weighted by atomic mass is 16.2. The van der Waals surface area contributed by atoms with E-state index in [9.17, 15) is 4.79 Å². The molecule has 2 aliphatic heterocycles. The minimum absolute atomic E-state index is 0.356. The Morgan fingerprint density at radius 2 is 1.83 bits per heavy atom. The Balaban J connectivity index is 1.43. The molecular weight excluding hydrogens is 302 g/mol. The molecule has 1 aromatic heterocycles. The Labute approximate surface area is 145 Å². The van der Waals surface area contributed by atoms with Crippen LogP contribution in [0.1, 0.15) is 57.7 Å². The predicted octanol–water partition coefficient (Wildman–Crippen LogP) is 2.03. The normalized spacial score (nSPS) is 21.6. The molecule has 0 unspecified atom stereocenters. The standard InChI is InChI=1S/C18H31N5O/c1-14(2)22-8-4-15(5-9-22)12-17(24)23-10-6-16(7-11-23)18-20-19-13-21(18)3/h13-16H,4-12H2,1-3H3. The highest BCUT2D eigenvalue weighted by Gasteiger charge is 2.29. The first-order chi connectivity index (χ1) is 11.5. The summed E-state index contributed by atoms with van der Waals surface area (Å²) < 4.78 is 2.00. The SMILES string of the molecule is CC(C)N1CCC(CC(=O)N2CCC(c3nncn3C)CC2)CC1. The summed E-state index contributed by atoms with van der Waals surface area (Å²) in [6, 6.07) is 0.626. The maximum Gasteiger partial charge on any atom is 0.222 e. The summed E-state index contributed by atoms with van der Waals surface area (Å²) in [4.78, 5) is 17.2. The summed E-state index contributed by atoms with van der Waals surface area (Å²) in [5.74, 6) is 2.43. The Morgan fingerprint density at radius 3 is 2.38 bits per heavy atom. The fourth-order valence-corrected chi connectivity index (χ4v) is 4.10. The molecule has 0 aromatic carbocycles. The highest BCUT2D eigenvalue weighted by molar-refractivity contribution is 5.76. The molecule has 0 spiro atoms. The molecule has 6 nitrogen and oxygen atoms in total. The van der Waals surface area contributed by atoms with Crippen LogP contribution in [0, 0.1) is 5.92 Å². The lowest BCUT2D eigenvalue weighted by Gasteiger charge is -2.36. The molecule has 134 valence electrons. The van der Waals surface area contributed by atoms with E-state index in [2.05, 4.69) is 33.8 Å². The lowest BCUT2D eigenvalue weighted by molar-refractivity contribution is -0.133. The maximum absolute atomic E-state index is 12.6. The zero-order valence-electron chi connectivity index (χ0n) is 15.3. The number of likely N-dealkylation sites (tertiary alicyclic amines) is 2. The molecule has 0 N–H and O–H groups in total. The van der Waals surface area contributed by atoms with Gasteiger partial charge < -0.3 is 14.4 Å². The molecule has 0 radical (unpaired) electrons. The molecule has 1 amide bonds. The fourth-order valence-electron chi connectivity index (χ4n) is 4.10. The highest BCUT2D eigenvalue weighted by Crippen LogP contribution is 2.28. The van der Waals surface area contributed by atoms with Crippen LogP contribution >= 0.6 is 0 Å². The van der Waals surface area contributed by atoms with Crippen molar-refractivity contribution in [1.29, 1.82) is 0 Å². The molecule has 2 fully saturated rings. The number of carbonyl (C=O) groups is 1. The van der Waals surface area contributed by atoms with Crippen molar-refractivity contribution in [2.45, 2.75) is 57.9 Å². The van der Waals surface area contributed by atoms with Gasteiger partial charge in [-0.05, 0) is 58.5 Å². The molecule has 0 aliphatic carbocycles. The molecule has 3 rings (SSSR count). The zero-order chi connectivity index (χ0) is 17.1. The van der Waals surface area contributed by atoms with Gasteiger partial charge in [-0.25, -0.2) is 0 Å². The van der Waals surface area contributed by atoms with Crippen LogP contribution < -0.4 is 0 Å². The van der Waals surface area contributed by atoms with Crippen molar-refractivity contribution in [3.63, 3.8) is 0 Å². The van der Waals surface area contributed by atoms with Gasteiger partial charge in [-0.3, -0.25) is 4.79 Å². The molecule has 0 bridgehead atoms. The largest absolute Gasteiger partial charge is 0.343 e. The predicted molar refractivity (Wildman–Crippen MR) is 93.6 cm³/mol. The second-order valence-electron chi connectivity index (χ2n) is 7.73. The van der Waals surface area contributed by atoms with Gasteiger partial charge in [0.15, 0.2) is 0 Å². The number of nitrogens with zero attached hydrogens (tertiary/aromatic N) is 5. The van der Waals surface area contributed by atoms with Crippen LogP contribution in [0.4, 0.5) is 0 Å². The van der Waals surface area contributed by atoms with Crippen molar-refractivity contribution in [2.75, 3.05) is 26.2 Å². The van der Waals surface area contributed by atoms with E-state index in [0.29, 0.717) is 23.8 Å². The summed E-state index contributed by atoms with van der Waals surface area (Å²) in [6.45, 7) is 8.52. The van der Waals surface area contributed by atoms with Crippen molar-refractivity contribution in [2.24, 2.45) is 13.0 Å². The lowest BCUT2D eigenvalue weighted by Crippen LogP contribution is -2.42. The minimum Gasteiger partial charge on any atom is -0.343 e. The molecule has 0 atom stereocenters. The molecule has 0 saturated carbocycles. The molecule has 2 saturated heterocycles. The smallest absolute Gasteiger partial charge is 0.222 e. The maximum atomic E-state index is 12.6. The Bertz CT molecular complexity index is 539. The van der Waals surface area contributed by atoms with Gasteiger partial charge in [0.1, 0.15) is 12.2 Å². The number of aromatic nitrogens is 3. The number of carbonyl (C=O) groups excluding carboxylic acids is 1. The topological polar surface area (TPSA) is 54.3 Å². The molecule has 24 heavy (non-hydrogen) atoms. The first-order valence-electron chi connectivity index (χ1n) is 9.40. The van der Waals surface area contributed by atoms with Gasteiger partial charge in [0, 0.05) is 38.5 Å². The Kier molecular flexibility index (Phi) is 5.54. The van der Waals surface area contributed by atoms with Gasteiger partial charge in [0.05, 0.1) is 0 Å². The first-order valence-corrected chi connectivity index (χ1v) is 9.40. The molecular formula is C18H31N5O. The van der Waals surface area contributed by atoms with Crippen LogP contribution in [-0.4, -0.2) is 62.7 Å².